The smallest absolute Gasteiger partial charge is 0.175 e. The largest absolute Gasteiger partial charge is 0.224 e. The van der Waals surface area contributed by atoms with Gasteiger partial charge >= 0.3 is 0 Å². The lowest BCUT2D eigenvalue weighted by molar-refractivity contribution is 0.565. The van der Waals surface area contributed by atoms with Crippen LogP contribution in [0.25, 0.3) is 0 Å². The summed E-state index contributed by atoms with van der Waals surface area (Å²) in [5.74, 6) is 0.565. The molecular formula is C14H26O2SSi2. The molecule has 0 aliphatic carbocycles. The van der Waals surface area contributed by atoms with Gasteiger partial charge in [0, 0.05) is 18.9 Å². The topological polar surface area (TPSA) is 34.1 Å². The molecule has 1 saturated heterocycles. The Morgan fingerprint density at radius 1 is 1.32 bits per heavy atom. The number of rotatable bonds is 4. The molecule has 1 rings (SSSR count). The number of allylic oxidation sites excluding steroid dienone is 3. The van der Waals surface area contributed by atoms with E-state index in [2.05, 4.69) is 51.6 Å². The van der Waals surface area contributed by atoms with Gasteiger partial charge in [0.15, 0.2) is 9.84 Å². The Hall–Kier alpha value is -0.356. The number of sulfone groups is 1. The molecule has 1 atom stereocenters. The summed E-state index contributed by atoms with van der Waals surface area (Å²) in [4.78, 5) is 0.642. The highest BCUT2D eigenvalue weighted by atomic mass is 32.2. The second kappa shape index (κ2) is 5.20. The first kappa shape index (κ1) is 16.7. The van der Waals surface area contributed by atoms with Gasteiger partial charge in [-0.25, -0.2) is 8.42 Å². The summed E-state index contributed by atoms with van der Waals surface area (Å²) in [6.07, 6.45) is 1.88. The maximum absolute atomic E-state index is 12.0. The molecule has 0 N–H and O–H groups in total. The fourth-order valence-electron chi connectivity index (χ4n) is 2.38. The minimum Gasteiger partial charge on any atom is -0.224 e. The maximum Gasteiger partial charge on any atom is 0.175 e. The average molecular weight is 315 g/mol. The molecular weight excluding hydrogens is 288 g/mol. The van der Waals surface area contributed by atoms with Gasteiger partial charge in [-0.3, -0.25) is 0 Å². The SMILES string of the molecule is C=C=C(/C=C1/C(C[Si](C)(C)C)CS1(=O)=O)[Si](C)(C)C. The van der Waals surface area contributed by atoms with Gasteiger partial charge in [-0.15, -0.1) is 5.73 Å². The van der Waals surface area contributed by atoms with Gasteiger partial charge in [0.25, 0.3) is 0 Å². The van der Waals surface area contributed by atoms with Crippen molar-refractivity contribution >= 4 is 26.0 Å². The molecule has 0 aromatic rings. The van der Waals surface area contributed by atoms with Crippen LogP contribution in [-0.4, -0.2) is 30.3 Å². The summed E-state index contributed by atoms with van der Waals surface area (Å²) in [5, 5.41) is 1.02. The molecule has 1 heterocycles. The van der Waals surface area contributed by atoms with Crippen molar-refractivity contribution in [3.05, 3.63) is 28.5 Å². The van der Waals surface area contributed by atoms with Crippen LogP contribution in [0.3, 0.4) is 0 Å². The summed E-state index contributed by atoms with van der Waals surface area (Å²) in [5.41, 5.74) is 2.96. The predicted molar refractivity (Wildman–Crippen MR) is 89.5 cm³/mol. The van der Waals surface area contributed by atoms with Crippen LogP contribution in [0, 0.1) is 5.92 Å². The second-order valence-electron chi connectivity index (χ2n) is 7.63. The molecule has 0 radical (unpaired) electrons. The fourth-order valence-corrected chi connectivity index (χ4v) is 7.50. The van der Waals surface area contributed by atoms with Crippen LogP contribution in [0.1, 0.15) is 0 Å². The zero-order valence-corrected chi connectivity index (χ0v) is 15.8. The zero-order chi connectivity index (χ0) is 15.1. The summed E-state index contributed by atoms with van der Waals surface area (Å²) in [6.45, 7) is 17.2. The van der Waals surface area contributed by atoms with Gasteiger partial charge in [0.1, 0.15) is 0 Å². The standard InChI is InChI=1S/C14H26O2SSi2/c1-8-13(19(5,6)7)9-14-12(10-17(14,15)16)11-18(2,3)4/h9,12H,1,10-11H2,2-7H3/b14-9-. The van der Waals surface area contributed by atoms with Gasteiger partial charge in [-0.1, -0.05) is 45.9 Å². The molecule has 1 fully saturated rings. The normalized spacial score (nSPS) is 24.7. The molecule has 0 aromatic heterocycles. The minimum absolute atomic E-state index is 0.233. The Balaban J connectivity index is 3.11. The molecule has 2 nitrogen and oxygen atoms in total. The quantitative estimate of drug-likeness (QED) is 0.583. The molecule has 5 heteroatoms. The molecule has 0 saturated carbocycles. The summed E-state index contributed by atoms with van der Waals surface area (Å²) in [7, 11) is -5.80. The van der Waals surface area contributed by atoms with Crippen LogP contribution in [0.15, 0.2) is 28.5 Å². The Labute approximate surface area is 120 Å². The number of hydrogen-bond acceptors (Lipinski definition) is 2. The van der Waals surface area contributed by atoms with E-state index in [0.29, 0.717) is 10.7 Å². The zero-order valence-electron chi connectivity index (χ0n) is 13.0. The van der Waals surface area contributed by atoms with E-state index in [9.17, 15) is 8.42 Å². The first-order valence-electron chi connectivity index (χ1n) is 6.72. The monoisotopic (exact) mass is 314 g/mol. The van der Waals surface area contributed by atoms with Crippen molar-refractivity contribution in [2.75, 3.05) is 5.75 Å². The van der Waals surface area contributed by atoms with Crippen LogP contribution in [0.4, 0.5) is 0 Å². The molecule has 1 aliphatic rings. The lowest BCUT2D eigenvalue weighted by Gasteiger charge is -2.34. The van der Waals surface area contributed by atoms with E-state index in [-0.39, 0.29) is 5.92 Å². The van der Waals surface area contributed by atoms with E-state index in [4.69, 9.17) is 0 Å². The summed E-state index contributed by atoms with van der Waals surface area (Å²) < 4.78 is 24.0. The Kier molecular flexibility index (Phi) is 4.57. The van der Waals surface area contributed by atoms with E-state index in [1.807, 2.05) is 6.08 Å². The van der Waals surface area contributed by atoms with Crippen molar-refractivity contribution in [2.24, 2.45) is 5.92 Å². The van der Waals surface area contributed by atoms with Crippen molar-refractivity contribution in [3.63, 3.8) is 0 Å². The Bertz CT molecular complexity index is 539. The molecule has 19 heavy (non-hydrogen) atoms. The van der Waals surface area contributed by atoms with Crippen LogP contribution in [0.5, 0.6) is 0 Å². The highest BCUT2D eigenvalue weighted by Crippen LogP contribution is 2.39. The van der Waals surface area contributed by atoms with Crippen LogP contribution >= 0.6 is 0 Å². The lowest BCUT2D eigenvalue weighted by Crippen LogP contribution is -2.39. The van der Waals surface area contributed by atoms with Crippen molar-refractivity contribution < 1.29 is 8.42 Å². The Morgan fingerprint density at radius 2 is 1.84 bits per heavy atom. The van der Waals surface area contributed by atoms with E-state index < -0.39 is 26.0 Å². The van der Waals surface area contributed by atoms with Gasteiger partial charge < -0.3 is 0 Å². The van der Waals surface area contributed by atoms with Crippen molar-refractivity contribution in [1.29, 1.82) is 0 Å². The highest BCUT2D eigenvalue weighted by Gasteiger charge is 2.42. The molecule has 0 amide bonds. The third-order valence-corrected chi connectivity index (χ3v) is 8.99. The van der Waals surface area contributed by atoms with Crippen LogP contribution in [0.2, 0.25) is 45.3 Å². The predicted octanol–water partition coefficient (Wildman–Crippen LogP) is 3.84. The molecule has 1 aliphatic heterocycles. The molecule has 0 aromatic carbocycles. The number of hydrogen-bond donors (Lipinski definition) is 0. The maximum atomic E-state index is 12.0. The molecule has 0 spiro atoms. The summed E-state index contributed by atoms with van der Waals surface area (Å²) >= 11 is 0. The van der Waals surface area contributed by atoms with Crippen LogP contribution < -0.4 is 0 Å². The first-order chi connectivity index (χ1) is 8.37. The molecule has 108 valence electrons. The lowest BCUT2D eigenvalue weighted by atomic mass is 10.2. The Morgan fingerprint density at radius 3 is 2.16 bits per heavy atom. The van der Waals surface area contributed by atoms with Crippen molar-refractivity contribution in [1.82, 2.24) is 0 Å². The molecule has 1 unspecified atom stereocenters. The van der Waals surface area contributed by atoms with E-state index >= 15 is 0 Å². The minimum atomic E-state index is -2.99. The van der Waals surface area contributed by atoms with Crippen molar-refractivity contribution in [2.45, 2.75) is 45.3 Å². The van der Waals surface area contributed by atoms with E-state index in [1.165, 1.54) is 0 Å². The third-order valence-electron chi connectivity index (χ3n) is 3.33. The van der Waals surface area contributed by atoms with Gasteiger partial charge in [0.05, 0.1) is 13.8 Å². The fraction of sp³-hybridized carbons (Fsp3) is 0.643. The average Bonchev–Trinajstić information content (AvgIpc) is 2.12. The first-order valence-corrected chi connectivity index (χ1v) is 15.6. The van der Waals surface area contributed by atoms with Gasteiger partial charge in [-0.05, 0) is 17.3 Å². The highest BCUT2D eigenvalue weighted by molar-refractivity contribution is 7.96. The van der Waals surface area contributed by atoms with Crippen LogP contribution in [-0.2, 0) is 9.84 Å². The second-order valence-corrected chi connectivity index (χ2v) is 20.2. The van der Waals surface area contributed by atoms with Gasteiger partial charge in [-0.2, -0.15) is 0 Å². The summed E-state index contributed by atoms with van der Waals surface area (Å²) in [6, 6.07) is 1.05. The van der Waals surface area contributed by atoms with E-state index in [0.717, 1.165) is 11.2 Å². The molecule has 0 bridgehead atoms. The third kappa shape index (κ3) is 4.31. The van der Waals surface area contributed by atoms with E-state index in [1.54, 1.807) is 0 Å². The van der Waals surface area contributed by atoms with Gasteiger partial charge in [0.2, 0.25) is 0 Å². The van der Waals surface area contributed by atoms with Crippen molar-refractivity contribution in [3.8, 4) is 0 Å².